The van der Waals surface area contributed by atoms with Crippen LogP contribution in [-0.2, 0) is 17.1 Å². The summed E-state index contributed by atoms with van der Waals surface area (Å²) in [4.78, 5) is 11.3. The lowest BCUT2D eigenvalue weighted by atomic mass is 10.6. The molecule has 2 heterocycles. The molecule has 0 aliphatic carbocycles. The van der Waals surface area contributed by atoms with Crippen LogP contribution >= 0.6 is 11.6 Å². The van der Waals surface area contributed by atoms with E-state index in [1.165, 1.54) is 30.3 Å². The zero-order valence-corrected chi connectivity index (χ0v) is 11.6. The first-order valence-corrected chi connectivity index (χ1v) is 6.86. The van der Waals surface area contributed by atoms with Gasteiger partial charge in [0.15, 0.2) is 5.03 Å². The van der Waals surface area contributed by atoms with Gasteiger partial charge in [-0.25, -0.2) is 14.7 Å². The fraction of sp³-hybridized carbons (Fsp3) is 0.222. The van der Waals surface area contributed by atoms with Crippen LogP contribution in [0, 0.1) is 0 Å². The molecule has 0 spiro atoms. The van der Waals surface area contributed by atoms with E-state index >= 15 is 0 Å². The largest absolute Gasteiger partial charge is 0.481 e. The number of methoxy groups -OCH3 is 1. The molecule has 1 N–H and O–H groups in total. The maximum absolute atomic E-state index is 12.0. The predicted octanol–water partition coefficient (Wildman–Crippen LogP) is 0.673. The Balaban J connectivity index is 2.32. The minimum absolute atomic E-state index is 0.0607. The first-order chi connectivity index (χ1) is 8.90. The van der Waals surface area contributed by atoms with Gasteiger partial charge in [0, 0.05) is 19.3 Å². The van der Waals surface area contributed by atoms with Gasteiger partial charge in [0.25, 0.3) is 10.0 Å². The fourth-order valence-corrected chi connectivity index (χ4v) is 2.35. The molecule has 0 aliphatic heterocycles. The van der Waals surface area contributed by atoms with Crippen molar-refractivity contribution in [3.8, 4) is 5.88 Å². The second-order valence-corrected chi connectivity index (χ2v) is 5.56. The van der Waals surface area contributed by atoms with E-state index in [4.69, 9.17) is 16.3 Å². The highest BCUT2D eigenvalue weighted by atomic mass is 35.5. The molecule has 2 aromatic heterocycles. The van der Waals surface area contributed by atoms with Gasteiger partial charge in [-0.15, -0.1) is 0 Å². The van der Waals surface area contributed by atoms with Gasteiger partial charge in [0.1, 0.15) is 5.15 Å². The van der Waals surface area contributed by atoms with Gasteiger partial charge in [-0.05, 0) is 0 Å². The lowest BCUT2D eigenvalue weighted by Crippen LogP contribution is -2.15. The summed E-state index contributed by atoms with van der Waals surface area (Å²) >= 11 is 5.72. The van der Waals surface area contributed by atoms with Crippen LogP contribution < -0.4 is 9.46 Å². The summed E-state index contributed by atoms with van der Waals surface area (Å²) in [6.45, 7) is 0. The highest BCUT2D eigenvalue weighted by Gasteiger charge is 2.19. The minimum atomic E-state index is -3.86. The number of halogens is 1. The van der Waals surface area contributed by atoms with Crippen LogP contribution in [0.25, 0.3) is 0 Å². The molecule has 0 fully saturated rings. The van der Waals surface area contributed by atoms with Gasteiger partial charge in [-0.1, -0.05) is 11.6 Å². The molecule has 0 amide bonds. The van der Waals surface area contributed by atoms with E-state index in [1.54, 1.807) is 7.05 Å². The van der Waals surface area contributed by atoms with E-state index < -0.39 is 10.0 Å². The Morgan fingerprint density at radius 1 is 1.42 bits per heavy atom. The van der Waals surface area contributed by atoms with E-state index in [0.717, 1.165) is 0 Å². The summed E-state index contributed by atoms with van der Waals surface area (Å²) in [5.41, 5.74) is 0. The van der Waals surface area contributed by atoms with Gasteiger partial charge in [-0.2, -0.15) is 13.4 Å². The summed E-state index contributed by atoms with van der Waals surface area (Å²) in [6, 6.07) is 1.36. The average Bonchev–Trinajstić information content (AvgIpc) is 2.75. The number of ether oxygens (including phenoxy) is 1. The zero-order valence-electron chi connectivity index (χ0n) is 10.0. The second kappa shape index (κ2) is 5.02. The topological polar surface area (TPSA) is 99.0 Å². The Morgan fingerprint density at radius 3 is 2.74 bits per heavy atom. The summed E-state index contributed by atoms with van der Waals surface area (Å²) in [6.07, 6.45) is 2.72. The molecule has 102 valence electrons. The molecule has 0 unspecified atom stereocenters. The van der Waals surface area contributed by atoms with Crippen molar-refractivity contribution >= 4 is 27.6 Å². The van der Waals surface area contributed by atoms with Gasteiger partial charge in [-0.3, -0.25) is 0 Å². The third-order valence-electron chi connectivity index (χ3n) is 2.06. The van der Waals surface area contributed by atoms with Gasteiger partial charge in [0.05, 0.1) is 13.4 Å². The van der Waals surface area contributed by atoms with Crippen LogP contribution in [0.4, 0.5) is 5.95 Å². The summed E-state index contributed by atoms with van der Waals surface area (Å²) in [5.74, 6) is -0.0336. The van der Waals surface area contributed by atoms with E-state index in [2.05, 4.69) is 19.7 Å². The number of imidazole rings is 1. The van der Waals surface area contributed by atoms with Crippen molar-refractivity contribution in [3.63, 3.8) is 0 Å². The van der Waals surface area contributed by atoms with Crippen molar-refractivity contribution in [2.75, 3.05) is 11.8 Å². The van der Waals surface area contributed by atoms with E-state index in [9.17, 15) is 8.42 Å². The number of sulfonamides is 1. The minimum Gasteiger partial charge on any atom is -0.481 e. The van der Waals surface area contributed by atoms with E-state index in [0.29, 0.717) is 0 Å². The third kappa shape index (κ3) is 3.12. The molecule has 0 saturated carbocycles. The third-order valence-corrected chi connectivity index (χ3v) is 3.47. The van der Waals surface area contributed by atoms with Crippen molar-refractivity contribution in [2.24, 2.45) is 7.05 Å². The molecule has 8 nitrogen and oxygen atoms in total. The molecule has 0 aliphatic rings. The number of aryl methyl sites for hydroxylation is 1. The molecule has 2 rings (SSSR count). The van der Waals surface area contributed by atoms with Gasteiger partial charge >= 0.3 is 0 Å². The van der Waals surface area contributed by atoms with Crippen molar-refractivity contribution in [2.45, 2.75) is 5.03 Å². The Morgan fingerprint density at radius 2 is 2.16 bits per heavy atom. The summed E-state index contributed by atoms with van der Waals surface area (Å²) in [7, 11) is -0.813. The summed E-state index contributed by atoms with van der Waals surface area (Å²) < 4.78 is 32.5. The molecule has 0 aromatic carbocycles. The second-order valence-electron chi connectivity index (χ2n) is 3.54. The molecule has 0 radical (unpaired) electrons. The van der Waals surface area contributed by atoms with Crippen molar-refractivity contribution in [1.29, 1.82) is 0 Å². The first-order valence-electron chi connectivity index (χ1n) is 5.00. The van der Waals surface area contributed by atoms with Crippen LogP contribution in [0.3, 0.4) is 0 Å². The zero-order chi connectivity index (χ0) is 14.0. The average molecular weight is 304 g/mol. The highest BCUT2D eigenvalue weighted by molar-refractivity contribution is 7.92. The smallest absolute Gasteiger partial charge is 0.283 e. The molecular weight excluding hydrogens is 294 g/mol. The molecule has 0 saturated heterocycles. The van der Waals surface area contributed by atoms with Crippen LogP contribution in [0.1, 0.15) is 0 Å². The fourth-order valence-electron chi connectivity index (χ4n) is 1.25. The molecule has 0 atom stereocenters. The van der Waals surface area contributed by atoms with Crippen LogP contribution in [0.15, 0.2) is 23.6 Å². The van der Waals surface area contributed by atoms with Crippen molar-refractivity contribution in [1.82, 2.24) is 19.5 Å². The quantitative estimate of drug-likeness (QED) is 0.834. The number of aromatic nitrogens is 4. The van der Waals surface area contributed by atoms with Crippen molar-refractivity contribution < 1.29 is 13.2 Å². The van der Waals surface area contributed by atoms with Crippen LogP contribution in [0.5, 0.6) is 5.88 Å². The Kier molecular flexibility index (Phi) is 3.58. The lowest BCUT2D eigenvalue weighted by Gasteiger charge is -2.06. The molecule has 19 heavy (non-hydrogen) atoms. The maximum Gasteiger partial charge on any atom is 0.283 e. The number of anilines is 1. The number of rotatable bonds is 4. The number of nitrogens with one attached hydrogen (secondary N) is 1. The van der Waals surface area contributed by atoms with Crippen molar-refractivity contribution in [3.05, 3.63) is 23.7 Å². The van der Waals surface area contributed by atoms with E-state index in [-0.39, 0.29) is 22.0 Å². The first kappa shape index (κ1) is 13.6. The van der Waals surface area contributed by atoms with Gasteiger partial charge in [0.2, 0.25) is 11.8 Å². The Hall–Kier alpha value is -1.87. The molecule has 2 aromatic rings. The molecular formula is C9H10ClN5O3S. The van der Waals surface area contributed by atoms with Crippen LogP contribution in [0.2, 0.25) is 5.15 Å². The lowest BCUT2D eigenvalue weighted by molar-refractivity contribution is 0.397. The monoisotopic (exact) mass is 303 g/mol. The highest BCUT2D eigenvalue weighted by Crippen LogP contribution is 2.18. The normalized spacial score (nSPS) is 11.3. The predicted molar refractivity (Wildman–Crippen MR) is 67.6 cm³/mol. The maximum atomic E-state index is 12.0. The van der Waals surface area contributed by atoms with Gasteiger partial charge < -0.3 is 9.30 Å². The molecule has 10 heteroatoms. The number of hydrogen-bond acceptors (Lipinski definition) is 6. The Bertz CT molecular complexity index is 700. The van der Waals surface area contributed by atoms with E-state index in [1.807, 2.05) is 0 Å². The Labute approximate surface area is 114 Å². The van der Waals surface area contributed by atoms with Crippen LogP contribution in [-0.4, -0.2) is 35.0 Å². The number of hydrogen-bond donors (Lipinski definition) is 1. The SMILES string of the molecule is COc1cc(Cl)nc(NS(=O)(=O)c2cn(C)cn2)n1. The summed E-state index contributed by atoms with van der Waals surface area (Å²) in [5, 5.41) is -0.0805. The molecule has 0 bridgehead atoms. The standard InChI is InChI=1S/C9H10ClN5O3S/c1-15-4-8(11-5-15)19(16,17)14-9-12-6(10)3-7(13-9)18-2/h3-5H,1-2H3,(H,12,13,14). The number of nitrogens with zero attached hydrogens (tertiary/aromatic N) is 4.